The van der Waals surface area contributed by atoms with Crippen molar-refractivity contribution >= 4 is 0 Å². The second kappa shape index (κ2) is 5.61. The van der Waals surface area contributed by atoms with Crippen LogP contribution in [0, 0.1) is 16.7 Å². The van der Waals surface area contributed by atoms with Crippen LogP contribution in [0.15, 0.2) is 0 Å². The van der Waals surface area contributed by atoms with Crippen molar-refractivity contribution in [3.05, 3.63) is 0 Å². The molecule has 2 bridgehead atoms. The molecular formula is C18H36N2. The van der Waals surface area contributed by atoms with Crippen LogP contribution in [-0.4, -0.2) is 36.1 Å². The molecule has 0 aromatic heterocycles. The van der Waals surface area contributed by atoms with Crippen LogP contribution in [0.5, 0.6) is 0 Å². The van der Waals surface area contributed by atoms with Crippen molar-refractivity contribution in [2.24, 2.45) is 16.7 Å². The molecule has 0 aliphatic heterocycles. The zero-order valence-corrected chi connectivity index (χ0v) is 14.8. The van der Waals surface area contributed by atoms with Crippen LogP contribution >= 0.6 is 0 Å². The summed E-state index contributed by atoms with van der Waals surface area (Å²) in [6.45, 7) is 19.0. The molecule has 2 rings (SSSR count). The minimum Gasteiger partial charge on any atom is -0.312 e. The molecule has 0 heterocycles. The standard InChI is InChI=1S/C18H36N2/c1-13(2)20(14(3)4)11-10-19-16-17(5,6)15-8-9-18(16,7)12-15/h13-16,19H,8-12H2,1-7H3/t15-,16?,18+/m0/s1. The van der Waals surface area contributed by atoms with Crippen LogP contribution in [0.25, 0.3) is 0 Å². The summed E-state index contributed by atoms with van der Waals surface area (Å²) in [7, 11) is 0. The second-order valence-corrected chi connectivity index (χ2v) is 8.73. The third kappa shape index (κ3) is 2.78. The van der Waals surface area contributed by atoms with Gasteiger partial charge in [0, 0.05) is 31.2 Å². The van der Waals surface area contributed by atoms with E-state index in [0.29, 0.717) is 29.0 Å². The van der Waals surface area contributed by atoms with Crippen LogP contribution in [0.1, 0.15) is 67.7 Å². The summed E-state index contributed by atoms with van der Waals surface area (Å²) >= 11 is 0. The molecule has 2 aliphatic carbocycles. The van der Waals surface area contributed by atoms with Crippen LogP contribution in [-0.2, 0) is 0 Å². The zero-order chi connectivity index (χ0) is 15.1. The maximum absolute atomic E-state index is 3.94. The summed E-state index contributed by atoms with van der Waals surface area (Å²) in [5.74, 6) is 0.941. The Morgan fingerprint density at radius 3 is 2.15 bits per heavy atom. The lowest BCUT2D eigenvalue weighted by atomic mass is 9.68. The molecule has 2 nitrogen and oxygen atoms in total. The number of rotatable bonds is 6. The molecule has 2 saturated carbocycles. The van der Waals surface area contributed by atoms with E-state index in [1.54, 1.807) is 0 Å². The summed E-state index contributed by atoms with van der Waals surface area (Å²) in [6, 6.07) is 1.98. The molecule has 2 fully saturated rings. The van der Waals surface area contributed by atoms with Gasteiger partial charge >= 0.3 is 0 Å². The number of fused-ring (bicyclic) bond motifs is 2. The molecule has 0 spiro atoms. The summed E-state index contributed by atoms with van der Waals surface area (Å²) in [6.07, 6.45) is 4.32. The lowest BCUT2D eigenvalue weighted by Crippen LogP contribution is -2.52. The fourth-order valence-electron chi connectivity index (χ4n) is 5.26. The van der Waals surface area contributed by atoms with Crippen molar-refractivity contribution in [1.82, 2.24) is 10.2 Å². The molecule has 0 radical (unpaired) electrons. The molecule has 0 aromatic rings. The van der Waals surface area contributed by atoms with Crippen LogP contribution in [0.3, 0.4) is 0 Å². The number of nitrogens with zero attached hydrogens (tertiary/aromatic N) is 1. The van der Waals surface area contributed by atoms with Gasteiger partial charge < -0.3 is 5.32 Å². The lowest BCUT2D eigenvalue weighted by Gasteiger charge is -2.44. The Balaban J connectivity index is 1.91. The van der Waals surface area contributed by atoms with Gasteiger partial charge in [0.05, 0.1) is 0 Å². The Morgan fingerprint density at radius 1 is 1.10 bits per heavy atom. The Labute approximate surface area is 126 Å². The van der Waals surface area contributed by atoms with Gasteiger partial charge in [-0.3, -0.25) is 4.90 Å². The van der Waals surface area contributed by atoms with Gasteiger partial charge in [0.2, 0.25) is 0 Å². The summed E-state index contributed by atoms with van der Waals surface area (Å²) < 4.78 is 0. The fourth-order valence-corrected chi connectivity index (χ4v) is 5.26. The predicted octanol–water partition coefficient (Wildman–Crippen LogP) is 3.91. The molecular weight excluding hydrogens is 244 g/mol. The molecule has 0 amide bonds. The third-order valence-electron chi connectivity index (χ3n) is 6.31. The van der Waals surface area contributed by atoms with Crippen LogP contribution in [0.2, 0.25) is 0 Å². The second-order valence-electron chi connectivity index (χ2n) is 8.73. The van der Waals surface area contributed by atoms with Gasteiger partial charge in [0.25, 0.3) is 0 Å². The topological polar surface area (TPSA) is 15.3 Å². The average molecular weight is 280 g/mol. The quantitative estimate of drug-likeness (QED) is 0.793. The summed E-state index contributed by atoms with van der Waals surface area (Å²) in [5, 5.41) is 3.94. The monoisotopic (exact) mass is 280 g/mol. The molecule has 2 heteroatoms. The van der Waals surface area contributed by atoms with Gasteiger partial charge in [-0.1, -0.05) is 20.8 Å². The van der Waals surface area contributed by atoms with Crippen molar-refractivity contribution in [3.63, 3.8) is 0 Å². The molecule has 1 N–H and O–H groups in total. The summed E-state index contributed by atoms with van der Waals surface area (Å²) in [4.78, 5) is 2.59. The van der Waals surface area contributed by atoms with Gasteiger partial charge in [0.15, 0.2) is 0 Å². The Hall–Kier alpha value is -0.0800. The summed E-state index contributed by atoms with van der Waals surface area (Å²) in [5.41, 5.74) is 1.03. The van der Waals surface area contributed by atoms with Crippen molar-refractivity contribution in [3.8, 4) is 0 Å². The van der Waals surface area contributed by atoms with E-state index in [-0.39, 0.29) is 0 Å². The van der Waals surface area contributed by atoms with Gasteiger partial charge in [-0.15, -0.1) is 0 Å². The maximum atomic E-state index is 3.94. The van der Waals surface area contributed by atoms with E-state index in [1.807, 2.05) is 0 Å². The van der Waals surface area contributed by atoms with E-state index in [0.717, 1.165) is 12.5 Å². The largest absolute Gasteiger partial charge is 0.312 e. The van der Waals surface area contributed by atoms with Gasteiger partial charge in [0.1, 0.15) is 0 Å². The van der Waals surface area contributed by atoms with Crippen molar-refractivity contribution in [2.45, 2.75) is 85.9 Å². The van der Waals surface area contributed by atoms with Crippen molar-refractivity contribution < 1.29 is 0 Å². The van der Waals surface area contributed by atoms with E-state index in [4.69, 9.17) is 0 Å². The molecule has 0 aromatic carbocycles. The van der Waals surface area contributed by atoms with Crippen LogP contribution < -0.4 is 5.32 Å². The highest BCUT2D eigenvalue weighted by Crippen LogP contribution is 2.62. The average Bonchev–Trinajstić information content (AvgIpc) is 2.77. The van der Waals surface area contributed by atoms with Crippen molar-refractivity contribution in [2.75, 3.05) is 13.1 Å². The number of nitrogens with one attached hydrogen (secondary N) is 1. The van der Waals surface area contributed by atoms with Gasteiger partial charge in [-0.05, 0) is 63.7 Å². The first-order valence-corrected chi connectivity index (χ1v) is 8.67. The highest BCUT2D eigenvalue weighted by molar-refractivity contribution is 5.12. The first kappa shape index (κ1) is 16.3. The first-order chi connectivity index (χ1) is 9.18. The lowest BCUT2D eigenvalue weighted by molar-refractivity contribution is 0.0999. The highest BCUT2D eigenvalue weighted by atomic mass is 15.2. The Bertz CT molecular complexity index is 322. The number of hydrogen-bond acceptors (Lipinski definition) is 2. The van der Waals surface area contributed by atoms with E-state index in [9.17, 15) is 0 Å². The smallest absolute Gasteiger partial charge is 0.0175 e. The van der Waals surface area contributed by atoms with E-state index in [2.05, 4.69) is 58.7 Å². The molecule has 0 saturated heterocycles. The molecule has 20 heavy (non-hydrogen) atoms. The van der Waals surface area contributed by atoms with Crippen molar-refractivity contribution in [1.29, 1.82) is 0 Å². The van der Waals surface area contributed by atoms with E-state index < -0.39 is 0 Å². The third-order valence-corrected chi connectivity index (χ3v) is 6.31. The fraction of sp³-hybridized carbons (Fsp3) is 1.00. The minimum absolute atomic E-state index is 0.480. The predicted molar refractivity (Wildman–Crippen MR) is 88.0 cm³/mol. The SMILES string of the molecule is CC(C)N(CCNC1C(C)(C)[C@H]2CC[C@]1(C)C2)C(C)C. The molecule has 3 atom stereocenters. The highest BCUT2D eigenvalue weighted by Gasteiger charge is 2.58. The van der Waals surface area contributed by atoms with E-state index in [1.165, 1.54) is 25.8 Å². The Morgan fingerprint density at radius 2 is 1.70 bits per heavy atom. The van der Waals surface area contributed by atoms with E-state index >= 15 is 0 Å². The first-order valence-electron chi connectivity index (χ1n) is 8.67. The Kier molecular flexibility index (Phi) is 4.57. The van der Waals surface area contributed by atoms with Gasteiger partial charge in [-0.2, -0.15) is 0 Å². The zero-order valence-electron chi connectivity index (χ0n) is 14.8. The van der Waals surface area contributed by atoms with Gasteiger partial charge in [-0.25, -0.2) is 0 Å². The normalized spacial score (nSPS) is 35.7. The van der Waals surface area contributed by atoms with Crippen LogP contribution in [0.4, 0.5) is 0 Å². The molecule has 2 aliphatic rings. The minimum atomic E-state index is 0.480. The molecule has 1 unspecified atom stereocenters. The molecule has 118 valence electrons. The maximum Gasteiger partial charge on any atom is 0.0175 e. The number of hydrogen-bond donors (Lipinski definition) is 1.